The first-order valence-corrected chi connectivity index (χ1v) is 7.99. The molecule has 0 spiro atoms. The van der Waals surface area contributed by atoms with Crippen molar-refractivity contribution in [2.45, 2.75) is 19.3 Å². The van der Waals surface area contributed by atoms with Gasteiger partial charge < -0.3 is 19.9 Å². The summed E-state index contributed by atoms with van der Waals surface area (Å²) in [6.45, 7) is 2.94. The molecule has 2 aromatic rings. The van der Waals surface area contributed by atoms with Gasteiger partial charge in [-0.05, 0) is 36.6 Å². The molecule has 0 saturated heterocycles. The summed E-state index contributed by atoms with van der Waals surface area (Å²) in [6, 6.07) is 9.30. The minimum atomic E-state index is -0.370. The maximum Gasteiger partial charge on any atom is 0.319 e. The van der Waals surface area contributed by atoms with Crippen LogP contribution in [-0.4, -0.2) is 23.7 Å². The van der Waals surface area contributed by atoms with Crippen LogP contribution < -0.4 is 20.9 Å². The van der Waals surface area contributed by atoms with E-state index < -0.39 is 0 Å². The molecule has 2 heterocycles. The van der Waals surface area contributed by atoms with Gasteiger partial charge in [0.05, 0.1) is 6.61 Å². The van der Waals surface area contributed by atoms with E-state index in [0.29, 0.717) is 18.8 Å². The number of carbonyl (C=O) groups excluding carboxylic acids is 1. The number of nitrogens with one attached hydrogen (secondary N) is 2. The Kier molecular flexibility index (Phi) is 4.55. The highest BCUT2D eigenvalue weighted by Gasteiger charge is 2.21. The highest BCUT2D eigenvalue weighted by atomic mass is 16.5. The van der Waals surface area contributed by atoms with E-state index in [2.05, 4.69) is 10.6 Å². The Balaban J connectivity index is 1.65. The van der Waals surface area contributed by atoms with Crippen LogP contribution in [0.15, 0.2) is 41.3 Å². The van der Waals surface area contributed by atoms with Crippen LogP contribution in [0.5, 0.6) is 5.75 Å². The zero-order valence-corrected chi connectivity index (χ0v) is 13.8. The molecule has 24 heavy (non-hydrogen) atoms. The van der Waals surface area contributed by atoms with Crippen LogP contribution in [0.25, 0.3) is 0 Å². The standard InChI is InChI=1S/C18H21N3O3/c1-12-7-9-21(2)17(22)16(12)20-18(23)19-11-13-8-10-24-15-6-4-3-5-14(13)15/h3-7,9,13H,8,10-11H2,1-2H3,(H2,19,20,23)/t13-/m0/s1. The number of fused-ring (bicyclic) bond motifs is 1. The third-order valence-corrected chi connectivity index (χ3v) is 4.31. The van der Waals surface area contributed by atoms with Crippen molar-refractivity contribution in [2.75, 3.05) is 18.5 Å². The van der Waals surface area contributed by atoms with Gasteiger partial charge in [0.1, 0.15) is 11.4 Å². The molecule has 1 aromatic heterocycles. The highest BCUT2D eigenvalue weighted by molar-refractivity contribution is 5.89. The monoisotopic (exact) mass is 327 g/mol. The predicted octanol–water partition coefficient (Wildman–Crippen LogP) is 2.38. The van der Waals surface area contributed by atoms with Crippen molar-refractivity contribution in [3.63, 3.8) is 0 Å². The number of anilines is 1. The van der Waals surface area contributed by atoms with E-state index >= 15 is 0 Å². The molecule has 0 bridgehead atoms. The number of carbonyl (C=O) groups is 1. The fraction of sp³-hybridized carbons (Fsp3) is 0.333. The molecule has 6 heteroatoms. The third-order valence-electron chi connectivity index (χ3n) is 4.31. The average molecular weight is 327 g/mol. The summed E-state index contributed by atoms with van der Waals surface area (Å²) in [5.74, 6) is 1.09. The quantitative estimate of drug-likeness (QED) is 0.909. The second kappa shape index (κ2) is 6.78. The molecule has 0 unspecified atom stereocenters. The van der Waals surface area contributed by atoms with E-state index in [0.717, 1.165) is 23.3 Å². The number of benzene rings is 1. The molecule has 3 rings (SSSR count). The fourth-order valence-electron chi connectivity index (χ4n) is 2.87. The summed E-state index contributed by atoms with van der Waals surface area (Å²) in [6.07, 6.45) is 2.53. The molecule has 6 nitrogen and oxygen atoms in total. The van der Waals surface area contributed by atoms with Gasteiger partial charge in [-0.15, -0.1) is 0 Å². The van der Waals surface area contributed by atoms with Gasteiger partial charge in [-0.1, -0.05) is 18.2 Å². The average Bonchev–Trinajstić information content (AvgIpc) is 2.60. The van der Waals surface area contributed by atoms with E-state index in [1.54, 1.807) is 26.2 Å². The van der Waals surface area contributed by atoms with Gasteiger partial charge in [0.25, 0.3) is 5.56 Å². The van der Waals surface area contributed by atoms with Crippen molar-refractivity contribution in [3.05, 3.63) is 58.0 Å². The van der Waals surface area contributed by atoms with Crippen LogP contribution in [-0.2, 0) is 7.05 Å². The van der Waals surface area contributed by atoms with Crippen molar-refractivity contribution in [3.8, 4) is 5.75 Å². The van der Waals surface area contributed by atoms with Crippen molar-refractivity contribution in [1.82, 2.24) is 9.88 Å². The van der Waals surface area contributed by atoms with Crippen LogP contribution in [0.1, 0.15) is 23.5 Å². The Bertz CT molecular complexity index is 813. The second-order valence-corrected chi connectivity index (χ2v) is 6.00. The van der Waals surface area contributed by atoms with Crippen LogP contribution in [0.4, 0.5) is 10.5 Å². The molecule has 126 valence electrons. The van der Waals surface area contributed by atoms with E-state index in [-0.39, 0.29) is 17.5 Å². The van der Waals surface area contributed by atoms with Gasteiger partial charge >= 0.3 is 6.03 Å². The number of urea groups is 1. The van der Waals surface area contributed by atoms with Crippen LogP contribution in [0.3, 0.4) is 0 Å². The maximum atomic E-state index is 12.2. The van der Waals surface area contributed by atoms with Crippen LogP contribution in [0.2, 0.25) is 0 Å². The van der Waals surface area contributed by atoms with Gasteiger partial charge in [0.15, 0.2) is 0 Å². The van der Waals surface area contributed by atoms with Gasteiger partial charge in [-0.2, -0.15) is 0 Å². The first-order chi connectivity index (χ1) is 11.6. The van der Waals surface area contributed by atoms with E-state index in [1.165, 1.54) is 4.57 Å². The number of hydrogen-bond acceptors (Lipinski definition) is 3. The van der Waals surface area contributed by atoms with Gasteiger partial charge in [-0.3, -0.25) is 4.79 Å². The lowest BCUT2D eigenvalue weighted by Gasteiger charge is -2.26. The minimum Gasteiger partial charge on any atom is -0.493 e. The minimum absolute atomic E-state index is 0.209. The summed E-state index contributed by atoms with van der Waals surface area (Å²) in [4.78, 5) is 24.3. The molecule has 1 atom stereocenters. The van der Waals surface area contributed by atoms with Crippen molar-refractivity contribution in [1.29, 1.82) is 0 Å². The third kappa shape index (κ3) is 3.27. The van der Waals surface area contributed by atoms with Crippen molar-refractivity contribution in [2.24, 2.45) is 7.05 Å². The molecule has 2 N–H and O–H groups in total. The van der Waals surface area contributed by atoms with Crippen molar-refractivity contribution < 1.29 is 9.53 Å². The number of amides is 2. The van der Waals surface area contributed by atoms with Crippen LogP contribution >= 0.6 is 0 Å². The molecule has 1 aliphatic rings. The largest absolute Gasteiger partial charge is 0.493 e. The molecule has 0 fully saturated rings. The zero-order chi connectivity index (χ0) is 17.1. The fourth-order valence-corrected chi connectivity index (χ4v) is 2.87. The Morgan fingerprint density at radius 2 is 2.12 bits per heavy atom. The number of aromatic nitrogens is 1. The molecule has 2 amide bonds. The lowest BCUT2D eigenvalue weighted by atomic mass is 9.93. The number of aryl methyl sites for hydroxylation is 2. The van der Waals surface area contributed by atoms with Crippen LogP contribution in [0, 0.1) is 6.92 Å². The lowest BCUT2D eigenvalue weighted by Crippen LogP contribution is -2.36. The molecule has 0 saturated carbocycles. The van der Waals surface area contributed by atoms with Gasteiger partial charge in [0, 0.05) is 25.7 Å². The second-order valence-electron chi connectivity index (χ2n) is 6.00. The molecule has 0 aliphatic carbocycles. The number of pyridine rings is 1. The Morgan fingerprint density at radius 3 is 2.96 bits per heavy atom. The molecule has 1 aliphatic heterocycles. The first kappa shape index (κ1) is 16.1. The molecule has 0 radical (unpaired) electrons. The molecular weight excluding hydrogens is 306 g/mol. The number of ether oxygens (including phenoxy) is 1. The van der Waals surface area contributed by atoms with Gasteiger partial charge in [-0.25, -0.2) is 4.79 Å². The summed E-state index contributed by atoms with van der Waals surface area (Å²) in [5.41, 5.74) is 1.94. The smallest absolute Gasteiger partial charge is 0.319 e. The van der Waals surface area contributed by atoms with E-state index in [1.807, 2.05) is 24.3 Å². The first-order valence-electron chi connectivity index (χ1n) is 7.99. The number of para-hydroxylation sites is 1. The molecular formula is C18H21N3O3. The van der Waals surface area contributed by atoms with E-state index in [9.17, 15) is 9.59 Å². The maximum absolute atomic E-state index is 12.2. The number of nitrogens with zero attached hydrogens (tertiary/aromatic N) is 1. The zero-order valence-electron chi connectivity index (χ0n) is 13.8. The Labute approximate surface area is 140 Å². The topological polar surface area (TPSA) is 72.4 Å². The molecule has 1 aromatic carbocycles. The summed E-state index contributed by atoms with van der Waals surface area (Å²) >= 11 is 0. The highest BCUT2D eigenvalue weighted by Crippen LogP contribution is 2.32. The summed E-state index contributed by atoms with van der Waals surface area (Å²) < 4.78 is 7.07. The summed E-state index contributed by atoms with van der Waals surface area (Å²) in [7, 11) is 1.66. The normalized spacial score (nSPS) is 16.0. The summed E-state index contributed by atoms with van der Waals surface area (Å²) in [5, 5.41) is 5.53. The lowest BCUT2D eigenvalue weighted by molar-refractivity contribution is 0.245. The Morgan fingerprint density at radius 1 is 1.33 bits per heavy atom. The SMILES string of the molecule is Cc1ccn(C)c(=O)c1NC(=O)NC[C@@H]1CCOc2ccccc21. The Hall–Kier alpha value is -2.76. The number of rotatable bonds is 3. The van der Waals surface area contributed by atoms with Crippen molar-refractivity contribution >= 4 is 11.7 Å². The predicted molar refractivity (Wildman–Crippen MR) is 92.7 cm³/mol. The van der Waals surface area contributed by atoms with E-state index in [4.69, 9.17) is 4.74 Å². The van der Waals surface area contributed by atoms with Gasteiger partial charge in [0.2, 0.25) is 0 Å². The number of hydrogen-bond donors (Lipinski definition) is 2.